The van der Waals surface area contributed by atoms with Gasteiger partial charge < -0.3 is 19.5 Å². The molecule has 0 spiro atoms. The molecule has 1 aromatic heterocycles. The molecular weight excluding hydrogens is 372 g/mol. The van der Waals surface area contributed by atoms with Gasteiger partial charge in [-0.15, -0.1) is 0 Å². The molecule has 1 amide bonds. The number of carbonyl (C=O) groups is 2. The maximum Gasteiger partial charge on any atom is 0.308 e. The Morgan fingerprint density at radius 3 is 2.59 bits per heavy atom. The van der Waals surface area contributed by atoms with E-state index in [1.165, 1.54) is 0 Å². The van der Waals surface area contributed by atoms with E-state index >= 15 is 0 Å². The fourth-order valence-corrected chi connectivity index (χ4v) is 2.71. The van der Waals surface area contributed by atoms with E-state index < -0.39 is 5.60 Å². The predicted octanol–water partition coefficient (Wildman–Crippen LogP) is 2.83. The van der Waals surface area contributed by atoms with Gasteiger partial charge in [-0.05, 0) is 60.0 Å². The summed E-state index contributed by atoms with van der Waals surface area (Å²) in [5.41, 5.74) is 0.583. The zero-order chi connectivity index (χ0) is 21.6. The number of esters is 1. The minimum absolute atomic E-state index is 0.112. The van der Waals surface area contributed by atoms with Crippen molar-refractivity contribution >= 4 is 11.9 Å². The second-order valence-electron chi connectivity index (χ2n) is 8.27. The van der Waals surface area contributed by atoms with Crippen molar-refractivity contribution in [2.75, 3.05) is 20.6 Å². The zero-order valence-corrected chi connectivity index (χ0v) is 18.0. The number of nitrogens with one attached hydrogen (secondary N) is 1. The van der Waals surface area contributed by atoms with E-state index in [0.29, 0.717) is 29.3 Å². The molecular formula is C21H30N4O4. The molecule has 8 heteroatoms. The lowest BCUT2D eigenvalue weighted by atomic mass is 10.1. The summed E-state index contributed by atoms with van der Waals surface area (Å²) in [6.07, 6.45) is 0.738. The average molecular weight is 402 g/mol. The van der Waals surface area contributed by atoms with Gasteiger partial charge in [0, 0.05) is 24.1 Å². The Morgan fingerprint density at radius 2 is 2.00 bits per heavy atom. The smallest absolute Gasteiger partial charge is 0.308 e. The maximum atomic E-state index is 12.8. The van der Waals surface area contributed by atoms with Crippen molar-refractivity contribution in [3.8, 4) is 11.4 Å². The van der Waals surface area contributed by atoms with Gasteiger partial charge in [0.2, 0.25) is 11.7 Å². The number of ether oxygens (including phenoxy) is 1. The van der Waals surface area contributed by atoms with Crippen molar-refractivity contribution in [2.45, 2.75) is 52.2 Å². The van der Waals surface area contributed by atoms with Gasteiger partial charge in [-0.2, -0.15) is 4.98 Å². The molecule has 0 aliphatic rings. The molecule has 29 heavy (non-hydrogen) atoms. The van der Waals surface area contributed by atoms with E-state index in [2.05, 4.69) is 15.5 Å². The first-order valence-electron chi connectivity index (χ1n) is 9.61. The molecule has 2 aromatic rings. The third-order valence-corrected chi connectivity index (χ3v) is 4.00. The highest BCUT2D eigenvalue weighted by Crippen LogP contribution is 2.18. The van der Waals surface area contributed by atoms with Gasteiger partial charge in [0.15, 0.2) is 0 Å². The molecule has 0 aliphatic carbocycles. The number of hydrogen-bond acceptors (Lipinski definition) is 7. The van der Waals surface area contributed by atoms with Crippen LogP contribution in [0.1, 0.15) is 49.9 Å². The van der Waals surface area contributed by atoms with E-state index in [9.17, 15) is 9.59 Å². The quantitative estimate of drug-likeness (QED) is 0.678. The first kappa shape index (κ1) is 22.5. The maximum absolute atomic E-state index is 12.8. The molecule has 0 saturated carbocycles. The molecule has 1 N–H and O–H groups in total. The van der Waals surface area contributed by atoms with Crippen LogP contribution >= 0.6 is 0 Å². The second-order valence-corrected chi connectivity index (χ2v) is 8.27. The highest BCUT2D eigenvalue weighted by atomic mass is 16.6. The molecule has 8 nitrogen and oxygen atoms in total. The summed E-state index contributed by atoms with van der Waals surface area (Å²) in [5, 5.41) is 6.84. The Bertz CT molecular complexity index is 839. The molecule has 0 aliphatic heterocycles. The summed E-state index contributed by atoms with van der Waals surface area (Å²) in [5.74, 6) is 0.281. The van der Waals surface area contributed by atoms with E-state index in [0.717, 1.165) is 6.54 Å². The van der Waals surface area contributed by atoms with E-state index in [1.54, 1.807) is 25.1 Å². The van der Waals surface area contributed by atoms with Crippen LogP contribution in [-0.4, -0.2) is 59.2 Å². The molecule has 0 saturated heterocycles. The number of amides is 1. The van der Waals surface area contributed by atoms with Crippen molar-refractivity contribution in [3.63, 3.8) is 0 Å². The third-order valence-electron chi connectivity index (χ3n) is 4.00. The molecule has 1 atom stereocenters. The molecule has 1 heterocycles. The lowest BCUT2D eigenvalue weighted by Crippen LogP contribution is -2.39. The number of hydrogen-bond donors (Lipinski definition) is 1. The van der Waals surface area contributed by atoms with E-state index in [-0.39, 0.29) is 24.3 Å². The number of rotatable bonds is 8. The number of carbonyl (C=O) groups excluding carboxylic acids is 2. The van der Waals surface area contributed by atoms with Gasteiger partial charge in [-0.25, -0.2) is 0 Å². The first-order valence-corrected chi connectivity index (χ1v) is 9.61. The van der Waals surface area contributed by atoms with E-state index in [1.807, 2.05) is 45.8 Å². The molecule has 158 valence electrons. The van der Waals surface area contributed by atoms with Crippen LogP contribution in [0, 0.1) is 6.92 Å². The second kappa shape index (κ2) is 9.65. The minimum Gasteiger partial charge on any atom is -0.460 e. The number of benzene rings is 1. The average Bonchev–Trinajstić information content (AvgIpc) is 3.04. The topological polar surface area (TPSA) is 97.6 Å². The molecule has 1 aromatic carbocycles. The van der Waals surface area contributed by atoms with Crippen molar-refractivity contribution in [2.24, 2.45) is 0 Å². The van der Waals surface area contributed by atoms with Crippen molar-refractivity contribution in [1.82, 2.24) is 20.4 Å². The summed E-state index contributed by atoms with van der Waals surface area (Å²) in [4.78, 5) is 31.3. The summed E-state index contributed by atoms with van der Waals surface area (Å²) in [6, 6.07) is 6.65. The standard InChI is InChI=1S/C21H30N4O4/c1-14-22-19(24-29-14)15-8-7-9-16(12-15)20(27)23-17(10-11-25(5)6)13-18(26)28-21(2,3)4/h7-9,12,17H,10-11,13H2,1-6H3,(H,23,27)/t17-/m0/s1. The lowest BCUT2D eigenvalue weighted by Gasteiger charge is -2.24. The van der Waals surface area contributed by atoms with Gasteiger partial charge in [0.05, 0.1) is 6.42 Å². The molecule has 0 unspecified atom stereocenters. The Morgan fingerprint density at radius 1 is 1.28 bits per heavy atom. The Labute approximate surface area is 171 Å². The molecule has 0 radical (unpaired) electrons. The Balaban J connectivity index is 2.10. The highest BCUT2D eigenvalue weighted by Gasteiger charge is 2.22. The number of nitrogens with zero attached hydrogens (tertiary/aromatic N) is 3. The fourth-order valence-electron chi connectivity index (χ4n) is 2.71. The van der Waals surface area contributed by atoms with Crippen molar-refractivity contribution in [1.29, 1.82) is 0 Å². The van der Waals surface area contributed by atoms with Gasteiger partial charge in [0.1, 0.15) is 5.60 Å². The summed E-state index contributed by atoms with van der Waals surface area (Å²) in [7, 11) is 3.89. The van der Waals surface area contributed by atoms with Crippen LogP contribution in [0.15, 0.2) is 28.8 Å². The monoisotopic (exact) mass is 402 g/mol. The zero-order valence-electron chi connectivity index (χ0n) is 18.0. The van der Waals surface area contributed by atoms with Gasteiger partial charge in [0.25, 0.3) is 5.91 Å². The first-order chi connectivity index (χ1) is 13.5. The third kappa shape index (κ3) is 7.65. The Kier molecular flexibility index (Phi) is 7.50. The van der Waals surface area contributed by atoms with Gasteiger partial charge in [-0.1, -0.05) is 17.3 Å². The predicted molar refractivity (Wildman–Crippen MR) is 109 cm³/mol. The fraction of sp³-hybridized carbons (Fsp3) is 0.524. The van der Waals surface area contributed by atoms with Crippen LogP contribution in [0.5, 0.6) is 0 Å². The number of aryl methyl sites for hydroxylation is 1. The minimum atomic E-state index is -0.565. The van der Waals surface area contributed by atoms with Gasteiger partial charge in [-0.3, -0.25) is 9.59 Å². The van der Waals surface area contributed by atoms with Crippen LogP contribution in [0.4, 0.5) is 0 Å². The largest absolute Gasteiger partial charge is 0.460 e. The highest BCUT2D eigenvalue weighted by molar-refractivity contribution is 5.95. The molecule has 2 rings (SSSR count). The molecule has 0 fully saturated rings. The van der Waals surface area contributed by atoms with Crippen LogP contribution in [-0.2, 0) is 9.53 Å². The van der Waals surface area contributed by atoms with Crippen molar-refractivity contribution < 1.29 is 18.8 Å². The SMILES string of the molecule is Cc1nc(-c2cccc(C(=O)N[C@@H](CCN(C)C)CC(=O)OC(C)(C)C)c2)no1. The van der Waals surface area contributed by atoms with Crippen LogP contribution in [0.3, 0.4) is 0 Å². The number of aromatic nitrogens is 2. The van der Waals surface area contributed by atoms with Crippen LogP contribution in [0.2, 0.25) is 0 Å². The Hall–Kier alpha value is -2.74. The summed E-state index contributed by atoms with van der Waals surface area (Å²) < 4.78 is 10.4. The van der Waals surface area contributed by atoms with Gasteiger partial charge >= 0.3 is 5.97 Å². The normalized spacial score (nSPS) is 12.7. The lowest BCUT2D eigenvalue weighted by molar-refractivity contribution is -0.155. The van der Waals surface area contributed by atoms with E-state index in [4.69, 9.17) is 9.26 Å². The van der Waals surface area contributed by atoms with Crippen LogP contribution in [0.25, 0.3) is 11.4 Å². The molecule has 0 bridgehead atoms. The van der Waals surface area contributed by atoms with Crippen molar-refractivity contribution in [3.05, 3.63) is 35.7 Å². The summed E-state index contributed by atoms with van der Waals surface area (Å²) >= 11 is 0. The van der Waals surface area contributed by atoms with Crippen LogP contribution < -0.4 is 5.32 Å². The summed E-state index contributed by atoms with van der Waals surface area (Å²) in [6.45, 7) is 7.91.